The number of benzene rings is 1. The molecule has 0 radical (unpaired) electrons. The van der Waals surface area contributed by atoms with E-state index in [9.17, 15) is 4.79 Å². The number of fused-ring (bicyclic) bond motifs is 1. The van der Waals surface area contributed by atoms with Crippen LogP contribution in [-0.2, 0) is 17.8 Å². The highest BCUT2D eigenvalue weighted by molar-refractivity contribution is 5.98. The standard InChI is InChI=1S/C21H30N2O/c1-21(2)13-17-10-9-15(14-22)11-18(17)19(23-21)12-20(24)16-7-5-3-4-6-8-16/h9-12,16,23H,3-8,13-14,22H2,1-2H3. The SMILES string of the molecule is CC1(C)Cc2ccc(CN)cc2C(=CC(=O)C2CCCCCC2)N1. The predicted molar refractivity (Wildman–Crippen MR) is 99.4 cm³/mol. The summed E-state index contributed by atoms with van der Waals surface area (Å²) in [7, 11) is 0. The van der Waals surface area contributed by atoms with E-state index in [0.717, 1.165) is 36.1 Å². The molecule has 0 aromatic heterocycles. The molecular weight excluding hydrogens is 296 g/mol. The van der Waals surface area contributed by atoms with Gasteiger partial charge >= 0.3 is 0 Å². The molecule has 1 aliphatic heterocycles. The van der Waals surface area contributed by atoms with E-state index >= 15 is 0 Å². The summed E-state index contributed by atoms with van der Waals surface area (Å²) in [6.07, 6.45) is 9.84. The fourth-order valence-electron chi connectivity index (χ4n) is 4.05. The third-order valence-corrected chi connectivity index (χ3v) is 5.35. The molecule has 1 heterocycles. The molecule has 0 spiro atoms. The van der Waals surface area contributed by atoms with Gasteiger partial charge in [-0.1, -0.05) is 37.8 Å². The van der Waals surface area contributed by atoms with Gasteiger partial charge in [0.25, 0.3) is 0 Å². The van der Waals surface area contributed by atoms with Crippen LogP contribution in [0.5, 0.6) is 0 Å². The summed E-state index contributed by atoms with van der Waals surface area (Å²) >= 11 is 0. The van der Waals surface area contributed by atoms with Crippen molar-refractivity contribution in [2.75, 3.05) is 0 Å². The molecule has 0 bridgehead atoms. The summed E-state index contributed by atoms with van der Waals surface area (Å²) in [6, 6.07) is 6.42. The molecule has 2 aliphatic rings. The molecule has 1 aromatic carbocycles. The van der Waals surface area contributed by atoms with E-state index in [1.165, 1.54) is 31.2 Å². The van der Waals surface area contributed by atoms with E-state index in [1.54, 1.807) is 0 Å². The van der Waals surface area contributed by atoms with E-state index in [4.69, 9.17) is 5.73 Å². The Balaban J connectivity index is 1.92. The third kappa shape index (κ3) is 3.89. The zero-order chi connectivity index (χ0) is 17.2. The predicted octanol–water partition coefficient (Wildman–Crippen LogP) is 3.95. The Morgan fingerprint density at radius 2 is 1.96 bits per heavy atom. The quantitative estimate of drug-likeness (QED) is 0.653. The monoisotopic (exact) mass is 326 g/mol. The van der Waals surface area contributed by atoms with E-state index < -0.39 is 0 Å². The number of hydrogen-bond donors (Lipinski definition) is 2. The first-order valence-corrected chi connectivity index (χ1v) is 9.34. The highest BCUT2D eigenvalue weighted by Gasteiger charge is 2.29. The van der Waals surface area contributed by atoms with Crippen LogP contribution in [0.1, 0.15) is 69.1 Å². The first-order valence-electron chi connectivity index (χ1n) is 9.34. The summed E-state index contributed by atoms with van der Waals surface area (Å²) in [5.74, 6) is 0.495. The van der Waals surface area contributed by atoms with Crippen molar-refractivity contribution in [2.24, 2.45) is 11.7 Å². The minimum atomic E-state index is -0.0349. The van der Waals surface area contributed by atoms with Crippen molar-refractivity contribution in [2.45, 2.75) is 70.9 Å². The van der Waals surface area contributed by atoms with Crippen molar-refractivity contribution in [1.29, 1.82) is 0 Å². The fraction of sp³-hybridized carbons (Fsp3) is 0.571. The molecule has 0 atom stereocenters. The first kappa shape index (κ1) is 17.2. The van der Waals surface area contributed by atoms with Crippen LogP contribution in [0.4, 0.5) is 0 Å². The number of hydrogen-bond acceptors (Lipinski definition) is 3. The molecule has 3 rings (SSSR count). The van der Waals surface area contributed by atoms with Crippen molar-refractivity contribution >= 4 is 11.5 Å². The van der Waals surface area contributed by atoms with E-state index in [2.05, 4.69) is 37.4 Å². The van der Waals surface area contributed by atoms with Gasteiger partial charge in [0, 0.05) is 35.3 Å². The Bertz CT molecular complexity index is 637. The van der Waals surface area contributed by atoms with Gasteiger partial charge in [-0.15, -0.1) is 0 Å². The lowest BCUT2D eigenvalue weighted by atomic mass is 9.84. The van der Waals surface area contributed by atoms with Gasteiger partial charge in [0.1, 0.15) is 0 Å². The average Bonchev–Trinajstić information content (AvgIpc) is 2.83. The Kier molecular flexibility index (Phi) is 5.09. The Hall–Kier alpha value is -1.61. The Morgan fingerprint density at radius 3 is 2.62 bits per heavy atom. The summed E-state index contributed by atoms with van der Waals surface area (Å²) in [5, 5.41) is 3.59. The Morgan fingerprint density at radius 1 is 1.25 bits per heavy atom. The summed E-state index contributed by atoms with van der Waals surface area (Å²) in [6.45, 7) is 4.91. The highest BCUT2D eigenvalue weighted by Crippen LogP contribution is 2.31. The Labute approximate surface area is 145 Å². The number of carbonyl (C=O) groups excluding carboxylic acids is 1. The van der Waals surface area contributed by atoms with Crippen LogP contribution >= 0.6 is 0 Å². The van der Waals surface area contributed by atoms with Crippen LogP contribution in [0, 0.1) is 5.92 Å². The molecule has 130 valence electrons. The molecule has 1 fully saturated rings. The van der Waals surface area contributed by atoms with E-state index in [0.29, 0.717) is 12.3 Å². The number of carbonyl (C=O) groups is 1. The molecule has 24 heavy (non-hydrogen) atoms. The zero-order valence-electron chi connectivity index (χ0n) is 15.0. The second-order valence-electron chi connectivity index (χ2n) is 8.03. The zero-order valence-corrected chi connectivity index (χ0v) is 15.0. The molecule has 0 saturated heterocycles. The van der Waals surface area contributed by atoms with Crippen molar-refractivity contribution in [3.05, 3.63) is 41.0 Å². The van der Waals surface area contributed by atoms with Gasteiger partial charge in [0.2, 0.25) is 0 Å². The van der Waals surface area contributed by atoms with Crippen LogP contribution in [0.3, 0.4) is 0 Å². The minimum Gasteiger partial charge on any atom is -0.379 e. The van der Waals surface area contributed by atoms with Crippen molar-refractivity contribution in [3.63, 3.8) is 0 Å². The maximum atomic E-state index is 12.9. The van der Waals surface area contributed by atoms with Gasteiger partial charge in [-0.25, -0.2) is 0 Å². The number of rotatable bonds is 3. The maximum Gasteiger partial charge on any atom is 0.160 e. The van der Waals surface area contributed by atoms with Crippen LogP contribution in [0.15, 0.2) is 24.3 Å². The van der Waals surface area contributed by atoms with Gasteiger partial charge in [-0.05, 0) is 50.3 Å². The number of allylic oxidation sites excluding steroid dienone is 1. The molecule has 1 aromatic rings. The van der Waals surface area contributed by atoms with Crippen LogP contribution in [0.25, 0.3) is 5.70 Å². The van der Waals surface area contributed by atoms with E-state index in [1.807, 2.05) is 6.08 Å². The van der Waals surface area contributed by atoms with Gasteiger partial charge in [0.15, 0.2) is 5.78 Å². The number of nitrogens with one attached hydrogen (secondary N) is 1. The van der Waals surface area contributed by atoms with Crippen molar-refractivity contribution in [3.8, 4) is 0 Å². The van der Waals surface area contributed by atoms with Crippen molar-refractivity contribution < 1.29 is 4.79 Å². The lowest BCUT2D eigenvalue weighted by Gasteiger charge is -2.36. The molecule has 1 saturated carbocycles. The molecule has 3 nitrogen and oxygen atoms in total. The van der Waals surface area contributed by atoms with Crippen molar-refractivity contribution in [1.82, 2.24) is 5.32 Å². The lowest BCUT2D eigenvalue weighted by Crippen LogP contribution is -2.44. The van der Waals surface area contributed by atoms with E-state index in [-0.39, 0.29) is 11.5 Å². The number of nitrogens with two attached hydrogens (primary N) is 1. The summed E-state index contributed by atoms with van der Waals surface area (Å²) < 4.78 is 0. The largest absolute Gasteiger partial charge is 0.379 e. The van der Waals surface area contributed by atoms with Gasteiger partial charge in [0.05, 0.1) is 0 Å². The normalized spacial score (nSPS) is 22.5. The van der Waals surface area contributed by atoms with Gasteiger partial charge in [-0.2, -0.15) is 0 Å². The van der Waals surface area contributed by atoms with Crippen LogP contribution < -0.4 is 11.1 Å². The average molecular weight is 326 g/mol. The second kappa shape index (κ2) is 7.10. The lowest BCUT2D eigenvalue weighted by molar-refractivity contribution is -0.118. The van der Waals surface area contributed by atoms with Gasteiger partial charge < -0.3 is 11.1 Å². The second-order valence-corrected chi connectivity index (χ2v) is 8.03. The first-order chi connectivity index (χ1) is 11.5. The minimum absolute atomic E-state index is 0.0349. The molecule has 3 heteroatoms. The maximum absolute atomic E-state index is 12.9. The summed E-state index contributed by atoms with van der Waals surface area (Å²) in [4.78, 5) is 12.9. The van der Waals surface area contributed by atoms with Crippen LogP contribution in [0.2, 0.25) is 0 Å². The van der Waals surface area contributed by atoms with Gasteiger partial charge in [-0.3, -0.25) is 4.79 Å². The smallest absolute Gasteiger partial charge is 0.160 e. The molecule has 0 amide bonds. The molecule has 1 aliphatic carbocycles. The fourth-order valence-corrected chi connectivity index (χ4v) is 4.05. The third-order valence-electron chi connectivity index (χ3n) is 5.35. The molecule has 3 N–H and O–H groups in total. The molecular formula is C21H30N2O. The van der Waals surface area contributed by atoms with Crippen LogP contribution in [-0.4, -0.2) is 11.3 Å². The summed E-state index contributed by atoms with van der Waals surface area (Å²) in [5.41, 5.74) is 10.3. The topological polar surface area (TPSA) is 55.1 Å². The molecule has 0 unspecified atom stereocenters. The number of ketones is 1. The highest BCUT2D eigenvalue weighted by atomic mass is 16.1.